The van der Waals surface area contributed by atoms with Crippen LogP contribution in [-0.2, 0) is 6.42 Å². The van der Waals surface area contributed by atoms with Crippen molar-refractivity contribution in [2.75, 3.05) is 19.6 Å². The van der Waals surface area contributed by atoms with Crippen LogP contribution < -0.4 is 0 Å². The van der Waals surface area contributed by atoms with E-state index in [0.717, 1.165) is 31.7 Å². The minimum atomic E-state index is -0.448. The third kappa shape index (κ3) is 4.54. The number of rotatable bonds is 6. The highest BCUT2D eigenvalue weighted by molar-refractivity contribution is 6.31. The number of halogens is 2. The molecule has 2 aromatic rings. The van der Waals surface area contributed by atoms with Gasteiger partial charge in [0.1, 0.15) is 5.82 Å². The van der Waals surface area contributed by atoms with Gasteiger partial charge in [-0.3, -0.25) is 0 Å². The molecule has 1 aromatic carbocycles. The lowest BCUT2D eigenvalue weighted by Gasteiger charge is -2.30. The lowest BCUT2D eigenvalue weighted by Crippen LogP contribution is -2.33. The smallest absolute Gasteiger partial charge is 0.226 e. The molecule has 1 aliphatic rings. The molecule has 2 heterocycles. The number of aromatic nitrogens is 2. The molecule has 0 amide bonds. The first-order chi connectivity index (χ1) is 11.6. The van der Waals surface area contributed by atoms with Crippen molar-refractivity contribution < 1.29 is 8.91 Å². The van der Waals surface area contributed by atoms with E-state index >= 15 is 0 Å². The Morgan fingerprint density at radius 1 is 1.29 bits per heavy atom. The van der Waals surface area contributed by atoms with E-state index < -0.39 is 5.82 Å². The van der Waals surface area contributed by atoms with Gasteiger partial charge in [0.25, 0.3) is 0 Å². The molecule has 1 saturated heterocycles. The average molecular weight is 352 g/mol. The Hall–Kier alpha value is -1.46. The summed E-state index contributed by atoms with van der Waals surface area (Å²) < 4.78 is 18.5. The van der Waals surface area contributed by atoms with Crippen molar-refractivity contribution >= 4 is 11.6 Å². The van der Waals surface area contributed by atoms with Crippen molar-refractivity contribution in [3.05, 3.63) is 34.9 Å². The monoisotopic (exact) mass is 351 g/mol. The van der Waals surface area contributed by atoms with Crippen LogP contribution in [0.4, 0.5) is 4.39 Å². The largest absolute Gasteiger partial charge is 0.339 e. The molecule has 6 heteroatoms. The number of hydrogen-bond donors (Lipinski definition) is 0. The van der Waals surface area contributed by atoms with E-state index in [1.807, 2.05) is 0 Å². The zero-order chi connectivity index (χ0) is 16.9. The number of benzene rings is 1. The van der Waals surface area contributed by atoms with Crippen LogP contribution in [0.3, 0.4) is 0 Å². The minimum absolute atomic E-state index is 0.0645. The molecule has 1 aliphatic heterocycles. The van der Waals surface area contributed by atoms with Crippen LogP contribution in [0, 0.1) is 11.7 Å². The van der Waals surface area contributed by atoms with Gasteiger partial charge in [0.05, 0.1) is 5.02 Å². The van der Waals surface area contributed by atoms with Gasteiger partial charge in [-0.25, -0.2) is 4.39 Å². The van der Waals surface area contributed by atoms with Crippen LogP contribution in [0.2, 0.25) is 5.02 Å². The molecule has 0 bridgehead atoms. The molecule has 0 unspecified atom stereocenters. The molecule has 3 rings (SSSR count). The van der Waals surface area contributed by atoms with Gasteiger partial charge < -0.3 is 9.42 Å². The number of likely N-dealkylation sites (tertiary alicyclic amines) is 1. The fourth-order valence-corrected chi connectivity index (χ4v) is 3.19. The zero-order valence-electron chi connectivity index (χ0n) is 14.0. The van der Waals surface area contributed by atoms with Gasteiger partial charge in [-0.1, -0.05) is 23.7 Å². The first-order valence-electron chi connectivity index (χ1n) is 8.62. The van der Waals surface area contributed by atoms with E-state index in [9.17, 15) is 4.39 Å². The fraction of sp³-hybridized carbons (Fsp3) is 0.556. The Balaban J connectivity index is 1.45. The fourth-order valence-electron chi connectivity index (χ4n) is 3.01. The molecule has 130 valence electrons. The molecule has 1 aromatic heterocycles. The molecular formula is C18H23ClFN3O. The molecule has 0 saturated carbocycles. The lowest BCUT2D eigenvalue weighted by atomic mass is 9.99. The van der Waals surface area contributed by atoms with Gasteiger partial charge in [-0.2, -0.15) is 4.98 Å². The Morgan fingerprint density at radius 3 is 2.83 bits per heavy atom. The van der Waals surface area contributed by atoms with E-state index in [1.165, 1.54) is 38.1 Å². The Bertz CT molecular complexity index is 668. The van der Waals surface area contributed by atoms with Crippen molar-refractivity contribution in [1.82, 2.24) is 15.0 Å². The van der Waals surface area contributed by atoms with Gasteiger partial charge in [-0.15, -0.1) is 0 Å². The summed E-state index contributed by atoms with van der Waals surface area (Å²) in [6.07, 6.45) is 5.55. The quantitative estimate of drug-likeness (QED) is 0.714. The number of aryl methyl sites for hydroxylation is 1. The topological polar surface area (TPSA) is 42.2 Å². The highest BCUT2D eigenvalue weighted by atomic mass is 35.5. The van der Waals surface area contributed by atoms with Crippen LogP contribution in [-0.4, -0.2) is 34.7 Å². The second kappa shape index (κ2) is 8.08. The Kier molecular flexibility index (Phi) is 5.85. The van der Waals surface area contributed by atoms with Crippen molar-refractivity contribution in [2.45, 2.75) is 39.0 Å². The average Bonchev–Trinajstić information content (AvgIpc) is 3.05. The molecular weight excluding hydrogens is 329 g/mol. The highest BCUT2D eigenvalue weighted by Crippen LogP contribution is 2.23. The van der Waals surface area contributed by atoms with E-state index in [0.29, 0.717) is 17.3 Å². The van der Waals surface area contributed by atoms with Crippen LogP contribution in [0.1, 0.15) is 38.5 Å². The summed E-state index contributed by atoms with van der Waals surface area (Å²) in [5.41, 5.74) is 0.666. The molecule has 0 N–H and O–H groups in total. The predicted molar refractivity (Wildman–Crippen MR) is 92.5 cm³/mol. The van der Waals surface area contributed by atoms with Gasteiger partial charge in [0, 0.05) is 12.0 Å². The summed E-state index contributed by atoms with van der Waals surface area (Å²) in [6.45, 7) is 5.91. The standard InChI is InChI=1S/C18H23ClFN3O/c1-13-7-10-23(11-8-13)9-3-2-4-17-21-18(22-24-17)14-5-6-16(20)15(19)12-14/h5-6,12-13H,2-4,7-11H2,1H3. The summed E-state index contributed by atoms with van der Waals surface area (Å²) in [6, 6.07) is 4.43. The van der Waals surface area contributed by atoms with E-state index in [-0.39, 0.29) is 5.02 Å². The molecule has 0 aliphatic carbocycles. The molecule has 4 nitrogen and oxygen atoms in total. The molecule has 1 fully saturated rings. The Labute approximate surface area is 147 Å². The molecule has 0 radical (unpaired) electrons. The molecule has 0 spiro atoms. The maximum absolute atomic E-state index is 13.2. The van der Waals surface area contributed by atoms with Crippen LogP contribution >= 0.6 is 11.6 Å². The van der Waals surface area contributed by atoms with Crippen LogP contribution in [0.25, 0.3) is 11.4 Å². The van der Waals surface area contributed by atoms with Crippen molar-refractivity contribution in [2.24, 2.45) is 5.92 Å². The summed E-state index contributed by atoms with van der Waals surface area (Å²) in [7, 11) is 0. The van der Waals surface area contributed by atoms with Crippen LogP contribution in [0.5, 0.6) is 0 Å². The maximum atomic E-state index is 13.2. The third-order valence-electron chi connectivity index (χ3n) is 4.64. The first kappa shape index (κ1) is 17.4. The number of piperidine rings is 1. The Morgan fingerprint density at radius 2 is 2.08 bits per heavy atom. The van der Waals surface area contributed by atoms with E-state index in [2.05, 4.69) is 22.0 Å². The van der Waals surface area contributed by atoms with Gasteiger partial charge in [0.15, 0.2) is 0 Å². The second-order valence-electron chi connectivity index (χ2n) is 6.62. The molecule has 24 heavy (non-hydrogen) atoms. The van der Waals surface area contributed by atoms with Gasteiger partial charge in [-0.05, 0) is 69.4 Å². The lowest BCUT2D eigenvalue weighted by molar-refractivity contribution is 0.189. The second-order valence-corrected chi connectivity index (χ2v) is 7.03. The highest BCUT2D eigenvalue weighted by Gasteiger charge is 2.15. The summed E-state index contributed by atoms with van der Waals surface area (Å²) in [4.78, 5) is 6.91. The number of hydrogen-bond acceptors (Lipinski definition) is 4. The van der Waals surface area contributed by atoms with Crippen molar-refractivity contribution in [3.8, 4) is 11.4 Å². The summed E-state index contributed by atoms with van der Waals surface area (Å²) in [5, 5.41) is 4.02. The van der Waals surface area contributed by atoms with Crippen molar-refractivity contribution in [3.63, 3.8) is 0 Å². The van der Waals surface area contributed by atoms with Gasteiger partial charge >= 0.3 is 0 Å². The number of unbranched alkanes of at least 4 members (excludes halogenated alkanes) is 1. The van der Waals surface area contributed by atoms with E-state index in [4.69, 9.17) is 16.1 Å². The van der Waals surface area contributed by atoms with Gasteiger partial charge in [0.2, 0.25) is 11.7 Å². The van der Waals surface area contributed by atoms with Crippen molar-refractivity contribution in [1.29, 1.82) is 0 Å². The molecule has 0 atom stereocenters. The minimum Gasteiger partial charge on any atom is -0.339 e. The maximum Gasteiger partial charge on any atom is 0.226 e. The van der Waals surface area contributed by atoms with Crippen LogP contribution in [0.15, 0.2) is 22.7 Å². The summed E-state index contributed by atoms with van der Waals surface area (Å²) >= 11 is 5.79. The first-order valence-corrected chi connectivity index (χ1v) is 9.00. The number of nitrogens with zero attached hydrogens (tertiary/aromatic N) is 3. The SMILES string of the molecule is CC1CCN(CCCCc2nc(-c3ccc(F)c(Cl)c3)no2)CC1. The zero-order valence-corrected chi connectivity index (χ0v) is 14.7. The van der Waals surface area contributed by atoms with E-state index in [1.54, 1.807) is 6.07 Å². The summed E-state index contributed by atoms with van der Waals surface area (Å²) in [5.74, 6) is 1.50. The normalized spacial score (nSPS) is 16.6. The third-order valence-corrected chi connectivity index (χ3v) is 4.93. The predicted octanol–water partition coefficient (Wildman–Crippen LogP) is 4.58.